The summed E-state index contributed by atoms with van der Waals surface area (Å²) in [7, 11) is 0. The first kappa shape index (κ1) is 12.2. The van der Waals surface area contributed by atoms with E-state index < -0.39 is 0 Å². The van der Waals surface area contributed by atoms with Gasteiger partial charge in [0.15, 0.2) is 0 Å². The number of hydrogen-bond donors (Lipinski definition) is 0. The second-order valence-electron chi connectivity index (χ2n) is 5.57. The molecule has 2 bridgehead atoms. The molecule has 2 aliphatic rings. The predicted molar refractivity (Wildman–Crippen MR) is 53.0 cm³/mol. The molecule has 0 aliphatic heterocycles. The van der Waals surface area contributed by atoms with Gasteiger partial charge in [-0.05, 0) is 25.2 Å². The average Bonchev–Trinajstić information content (AvgIpc) is 2.50. The molecule has 74 valence electrons. The fourth-order valence-electron chi connectivity index (χ4n) is 3.67. The van der Waals surface area contributed by atoms with Crippen LogP contribution in [0.3, 0.4) is 0 Å². The second kappa shape index (κ2) is 3.62. The summed E-state index contributed by atoms with van der Waals surface area (Å²) in [5.74, 6) is 0.836. The van der Waals surface area contributed by atoms with E-state index in [2.05, 4.69) is 20.8 Å². The molecule has 3 atom stereocenters. The molecule has 2 rings (SSSR count). The van der Waals surface area contributed by atoms with Crippen LogP contribution in [0.2, 0.25) is 0 Å². The van der Waals surface area contributed by atoms with Crippen LogP contribution in [0, 0.1) is 23.3 Å². The van der Waals surface area contributed by atoms with Crippen molar-refractivity contribution >= 4 is 0 Å². The maximum absolute atomic E-state index is 5.61. The SMILES string of the molecule is [CH-]=CO[C@@H]1C(C)(C)[C@@H]2CC[C@@]1(C)C2.[Li+]. The first-order valence-corrected chi connectivity index (χ1v) is 5.19. The van der Waals surface area contributed by atoms with Crippen molar-refractivity contribution in [1.82, 2.24) is 0 Å². The van der Waals surface area contributed by atoms with Crippen LogP contribution in [0.4, 0.5) is 0 Å². The molecule has 0 heterocycles. The standard InChI is InChI=1S/C12H19O.Li/c1-5-13-10-11(2,3)9-6-7-12(10,4)8-9;/h1,5,9-10H,6-8H2,2-4H3;/q-1;+1/t9-,10-,12+;/m1./s1. The van der Waals surface area contributed by atoms with Gasteiger partial charge in [0.05, 0.1) is 0 Å². The first-order chi connectivity index (χ1) is 6.00. The Kier molecular flexibility index (Phi) is 3.15. The van der Waals surface area contributed by atoms with E-state index in [9.17, 15) is 0 Å². The molecule has 2 aliphatic carbocycles. The van der Waals surface area contributed by atoms with Crippen molar-refractivity contribution in [3.8, 4) is 0 Å². The van der Waals surface area contributed by atoms with Gasteiger partial charge >= 0.3 is 18.9 Å². The van der Waals surface area contributed by atoms with Crippen molar-refractivity contribution in [3.05, 3.63) is 12.8 Å². The van der Waals surface area contributed by atoms with E-state index >= 15 is 0 Å². The van der Waals surface area contributed by atoms with Gasteiger partial charge in [-0.1, -0.05) is 20.8 Å². The van der Waals surface area contributed by atoms with Crippen LogP contribution in [0.5, 0.6) is 0 Å². The number of fused-ring (bicyclic) bond motifs is 2. The molecular formula is C12H19LiO. The molecule has 0 N–H and O–H groups in total. The van der Waals surface area contributed by atoms with Gasteiger partial charge in [0.2, 0.25) is 0 Å². The summed E-state index contributed by atoms with van der Waals surface area (Å²) >= 11 is 0. The van der Waals surface area contributed by atoms with Gasteiger partial charge in [0.25, 0.3) is 0 Å². The maximum atomic E-state index is 5.61. The molecule has 0 unspecified atom stereocenters. The number of hydrogen-bond acceptors (Lipinski definition) is 1. The Labute approximate surface area is 99.5 Å². The van der Waals surface area contributed by atoms with E-state index in [1.54, 1.807) is 0 Å². The summed E-state index contributed by atoms with van der Waals surface area (Å²) in [5.41, 5.74) is 0.687. The molecule has 0 amide bonds. The maximum Gasteiger partial charge on any atom is 1.00 e. The Morgan fingerprint density at radius 2 is 2.00 bits per heavy atom. The molecule has 1 nitrogen and oxygen atoms in total. The minimum Gasteiger partial charge on any atom is -0.534 e. The second-order valence-corrected chi connectivity index (χ2v) is 5.57. The van der Waals surface area contributed by atoms with E-state index in [0.29, 0.717) is 16.9 Å². The third-order valence-electron chi connectivity index (χ3n) is 4.35. The van der Waals surface area contributed by atoms with Crippen LogP contribution in [0.1, 0.15) is 40.0 Å². The minimum absolute atomic E-state index is 0. The first-order valence-electron chi connectivity index (χ1n) is 5.19. The van der Waals surface area contributed by atoms with E-state index in [4.69, 9.17) is 11.3 Å². The van der Waals surface area contributed by atoms with Gasteiger partial charge in [-0.15, -0.1) is 6.26 Å². The van der Waals surface area contributed by atoms with Crippen LogP contribution in [0.25, 0.3) is 0 Å². The summed E-state index contributed by atoms with van der Waals surface area (Å²) in [4.78, 5) is 0. The van der Waals surface area contributed by atoms with E-state index in [-0.39, 0.29) is 18.9 Å². The van der Waals surface area contributed by atoms with Crippen LogP contribution < -0.4 is 18.9 Å². The molecule has 0 radical (unpaired) electrons. The van der Waals surface area contributed by atoms with Gasteiger partial charge in [-0.3, -0.25) is 0 Å². The Morgan fingerprint density at radius 3 is 2.43 bits per heavy atom. The van der Waals surface area contributed by atoms with Crippen molar-refractivity contribution in [2.75, 3.05) is 0 Å². The zero-order chi connectivity index (χ0) is 9.69. The fourth-order valence-corrected chi connectivity index (χ4v) is 3.67. The van der Waals surface area contributed by atoms with E-state index in [1.807, 2.05) is 0 Å². The number of rotatable bonds is 2. The van der Waals surface area contributed by atoms with Crippen molar-refractivity contribution in [2.45, 2.75) is 46.1 Å². The van der Waals surface area contributed by atoms with Crippen LogP contribution in [-0.4, -0.2) is 6.10 Å². The van der Waals surface area contributed by atoms with Crippen LogP contribution in [-0.2, 0) is 4.74 Å². The zero-order valence-corrected chi connectivity index (χ0v) is 9.84. The van der Waals surface area contributed by atoms with Crippen LogP contribution >= 0.6 is 0 Å². The Hall–Kier alpha value is 0.137. The summed E-state index contributed by atoms with van der Waals surface area (Å²) in [6.07, 6.45) is 5.69. The molecule has 2 fully saturated rings. The van der Waals surface area contributed by atoms with Gasteiger partial charge in [0.1, 0.15) is 6.10 Å². The Bertz CT molecular complexity index is 232. The molecule has 0 aromatic rings. The molecule has 0 aromatic carbocycles. The van der Waals surface area contributed by atoms with Gasteiger partial charge < -0.3 is 11.3 Å². The molecule has 2 heteroatoms. The van der Waals surface area contributed by atoms with Crippen molar-refractivity contribution in [3.63, 3.8) is 0 Å². The quantitative estimate of drug-likeness (QED) is 0.339. The zero-order valence-electron chi connectivity index (χ0n) is 9.84. The third-order valence-corrected chi connectivity index (χ3v) is 4.35. The van der Waals surface area contributed by atoms with E-state index in [0.717, 1.165) is 5.92 Å². The summed E-state index contributed by atoms with van der Waals surface area (Å²) < 4.78 is 5.61. The van der Waals surface area contributed by atoms with Crippen molar-refractivity contribution in [1.29, 1.82) is 0 Å². The monoisotopic (exact) mass is 186 g/mol. The molecule has 14 heavy (non-hydrogen) atoms. The van der Waals surface area contributed by atoms with Crippen molar-refractivity contribution in [2.24, 2.45) is 16.7 Å². The largest absolute Gasteiger partial charge is 1.00 e. The molecule has 0 spiro atoms. The molecule has 2 saturated carbocycles. The van der Waals surface area contributed by atoms with Gasteiger partial charge in [-0.25, -0.2) is 0 Å². The molecule has 0 saturated heterocycles. The Morgan fingerprint density at radius 1 is 1.36 bits per heavy atom. The smallest absolute Gasteiger partial charge is 0.534 e. The molecular weight excluding hydrogens is 167 g/mol. The van der Waals surface area contributed by atoms with Crippen LogP contribution in [0.15, 0.2) is 6.26 Å². The summed E-state index contributed by atoms with van der Waals surface area (Å²) in [6.45, 7) is 12.3. The van der Waals surface area contributed by atoms with E-state index in [1.165, 1.54) is 25.5 Å². The van der Waals surface area contributed by atoms with Crippen molar-refractivity contribution < 1.29 is 23.6 Å². The topological polar surface area (TPSA) is 9.23 Å². The minimum atomic E-state index is 0. The number of ether oxygens (including phenoxy) is 1. The average molecular weight is 186 g/mol. The normalized spacial score (nSPS) is 43.1. The molecule has 0 aromatic heterocycles. The predicted octanol–water partition coefficient (Wildman–Crippen LogP) is 0.168. The Balaban J connectivity index is 0.000000980. The summed E-state index contributed by atoms with van der Waals surface area (Å²) in [6, 6.07) is 0. The summed E-state index contributed by atoms with van der Waals surface area (Å²) in [5, 5.41) is 0. The fraction of sp³-hybridized carbons (Fsp3) is 0.833. The van der Waals surface area contributed by atoms with Gasteiger partial charge in [0, 0.05) is 10.8 Å². The third kappa shape index (κ3) is 1.46. The van der Waals surface area contributed by atoms with Gasteiger partial charge in [-0.2, -0.15) is 0 Å².